The average molecular weight is 312 g/mol. The van der Waals surface area contributed by atoms with Crippen LogP contribution in [0.4, 0.5) is 10.5 Å². The molecule has 23 heavy (non-hydrogen) atoms. The number of carbonyl (C=O) groups is 2. The van der Waals surface area contributed by atoms with Gasteiger partial charge in [-0.1, -0.05) is 36.8 Å². The molecule has 2 aromatic carbocycles. The summed E-state index contributed by atoms with van der Waals surface area (Å²) >= 11 is 0. The number of rotatable bonds is 2. The van der Waals surface area contributed by atoms with Crippen molar-refractivity contribution in [1.82, 2.24) is 4.90 Å². The highest BCUT2D eigenvalue weighted by molar-refractivity contribution is 5.93. The van der Waals surface area contributed by atoms with Crippen LogP contribution < -0.4 is 5.32 Å². The van der Waals surface area contributed by atoms with E-state index in [0.29, 0.717) is 13.0 Å². The standard InChI is InChI=1S/C18H20N2O3/c21-17(22)15-7-3-4-10-20(12-15)18(23)19-16-9-8-13-5-1-2-6-14(13)11-16/h1-2,5-6,8-9,11,15H,3-4,7,10,12H2,(H,19,23)(H,21,22). The molecule has 0 bridgehead atoms. The van der Waals surface area contributed by atoms with Crippen LogP contribution in [0.1, 0.15) is 19.3 Å². The molecule has 0 saturated carbocycles. The van der Waals surface area contributed by atoms with Gasteiger partial charge in [-0.3, -0.25) is 4.79 Å². The number of carboxylic acids is 1. The predicted octanol–water partition coefficient (Wildman–Crippen LogP) is 3.56. The maximum atomic E-state index is 12.4. The van der Waals surface area contributed by atoms with Crippen molar-refractivity contribution >= 4 is 28.5 Å². The van der Waals surface area contributed by atoms with E-state index < -0.39 is 11.9 Å². The number of urea groups is 1. The third-order valence-corrected chi connectivity index (χ3v) is 4.31. The minimum absolute atomic E-state index is 0.228. The summed E-state index contributed by atoms with van der Waals surface area (Å²) in [4.78, 5) is 25.3. The van der Waals surface area contributed by atoms with E-state index in [2.05, 4.69) is 5.32 Å². The van der Waals surface area contributed by atoms with Crippen LogP contribution in [-0.4, -0.2) is 35.1 Å². The van der Waals surface area contributed by atoms with Crippen molar-refractivity contribution in [3.63, 3.8) is 0 Å². The first-order valence-corrected chi connectivity index (χ1v) is 7.91. The second-order valence-corrected chi connectivity index (χ2v) is 5.97. The van der Waals surface area contributed by atoms with Crippen molar-refractivity contribution in [1.29, 1.82) is 0 Å². The van der Waals surface area contributed by atoms with Gasteiger partial charge in [0.15, 0.2) is 0 Å². The summed E-state index contributed by atoms with van der Waals surface area (Å²) < 4.78 is 0. The number of benzene rings is 2. The predicted molar refractivity (Wildman–Crippen MR) is 89.5 cm³/mol. The third-order valence-electron chi connectivity index (χ3n) is 4.31. The van der Waals surface area contributed by atoms with Crippen LogP contribution in [0, 0.1) is 5.92 Å². The van der Waals surface area contributed by atoms with E-state index in [9.17, 15) is 14.7 Å². The van der Waals surface area contributed by atoms with Crippen molar-refractivity contribution in [2.75, 3.05) is 18.4 Å². The Kier molecular flexibility index (Phi) is 4.46. The quantitative estimate of drug-likeness (QED) is 0.891. The highest BCUT2D eigenvalue weighted by atomic mass is 16.4. The molecular formula is C18H20N2O3. The van der Waals surface area contributed by atoms with Crippen molar-refractivity contribution in [3.8, 4) is 0 Å². The molecule has 5 heteroatoms. The molecule has 1 aliphatic rings. The minimum Gasteiger partial charge on any atom is -0.481 e. The Morgan fingerprint density at radius 2 is 1.87 bits per heavy atom. The fraction of sp³-hybridized carbons (Fsp3) is 0.333. The second-order valence-electron chi connectivity index (χ2n) is 5.97. The Balaban J connectivity index is 1.72. The molecule has 1 heterocycles. The molecule has 5 nitrogen and oxygen atoms in total. The fourth-order valence-corrected chi connectivity index (χ4v) is 3.00. The molecular weight excluding hydrogens is 292 g/mol. The van der Waals surface area contributed by atoms with Gasteiger partial charge in [0.2, 0.25) is 0 Å². The molecule has 1 fully saturated rings. The summed E-state index contributed by atoms with van der Waals surface area (Å²) in [6, 6.07) is 13.5. The van der Waals surface area contributed by atoms with Crippen molar-refractivity contribution in [2.24, 2.45) is 5.92 Å². The van der Waals surface area contributed by atoms with E-state index in [1.807, 2.05) is 42.5 Å². The smallest absolute Gasteiger partial charge is 0.321 e. The number of amides is 2. The van der Waals surface area contributed by atoms with Crippen LogP contribution in [0.25, 0.3) is 10.8 Å². The first kappa shape index (κ1) is 15.3. The SMILES string of the molecule is O=C(O)C1CCCCN(C(=O)Nc2ccc3ccccc3c2)C1. The minimum atomic E-state index is -0.824. The number of anilines is 1. The molecule has 2 N–H and O–H groups in total. The lowest BCUT2D eigenvalue weighted by atomic mass is 10.0. The number of hydrogen-bond acceptors (Lipinski definition) is 2. The number of aliphatic carboxylic acids is 1. The second kappa shape index (κ2) is 6.69. The monoisotopic (exact) mass is 312 g/mol. The fourth-order valence-electron chi connectivity index (χ4n) is 3.00. The maximum Gasteiger partial charge on any atom is 0.321 e. The lowest BCUT2D eigenvalue weighted by Gasteiger charge is -2.23. The first-order chi connectivity index (χ1) is 11.1. The van der Waals surface area contributed by atoms with Crippen LogP contribution in [0.2, 0.25) is 0 Å². The molecule has 120 valence electrons. The van der Waals surface area contributed by atoms with Crippen LogP contribution in [-0.2, 0) is 4.79 Å². The van der Waals surface area contributed by atoms with Gasteiger partial charge in [0.25, 0.3) is 0 Å². The van der Waals surface area contributed by atoms with Crippen LogP contribution in [0.5, 0.6) is 0 Å². The molecule has 0 spiro atoms. The topological polar surface area (TPSA) is 69.6 Å². The summed E-state index contributed by atoms with van der Waals surface area (Å²) in [5.74, 6) is -1.30. The number of nitrogens with one attached hydrogen (secondary N) is 1. The summed E-state index contributed by atoms with van der Waals surface area (Å²) in [5.41, 5.74) is 0.727. The molecule has 0 radical (unpaired) electrons. The lowest BCUT2D eigenvalue weighted by molar-refractivity contribution is -0.142. The van der Waals surface area contributed by atoms with E-state index in [-0.39, 0.29) is 12.6 Å². The summed E-state index contributed by atoms with van der Waals surface area (Å²) in [7, 11) is 0. The van der Waals surface area contributed by atoms with E-state index in [4.69, 9.17) is 0 Å². The van der Waals surface area contributed by atoms with Gasteiger partial charge in [-0.05, 0) is 35.7 Å². The molecule has 2 aromatic rings. The number of fused-ring (bicyclic) bond motifs is 1. The van der Waals surface area contributed by atoms with Gasteiger partial charge >= 0.3 is 12.0 Å². The highest BCUT2D eigenvalue weighted by Gasteiger charge is 2.26. The Morgan fingerprint density at radius 3 is 2.65 bits per heavy atom. The Hall–Kier alpha value is -2.56. The average Bonchev–Trinajstić information content (AvgIpc) is 2.81. The number of nitrogens with zero attached hydrogens (tertiary/aromatic N) is 1. The highest BCUT2D eigenvalue weighted by Crippen LogP contribution is 2.21. The van der Waals surface area contributed by atoms with Crippen molar-refractivity contribution in [3.05, 3.63) is 42.5 Å². The Labute approximate surface area is 134 Å². The van der Waals surface area contributed by atoms with Gasteiger partial charge in [0, 0.05) is 18.8 Å². The van der Waals surface area contributed by atoms with Crippen LogP contribution >= 0.6 is 0 Å². The summed E-state index contributed by atoms with van der Waals surface area (Å²) in [5, 5.41) is 14.3. The van der Waals surface area contributed by atoms with Crippen molar-refractivity contribution < 1.29 is 14.7 Å². The van der Waals surface area contributed by atoms with Crippen LogP contribution in [0.3, 0.4) is 0 Å². The summed E-state index contributed by atoms with van der Waals surface area (Å²) in [6.45, 7) is 0.873. The first-order valence-electron chi connectivity index (χ1n) is 7.91. The maximum absolute atomic E-state index is 12.4. The number of likely N-dealkylation sites (tertiary alicyclic amines) is 1. The largest absolute Gasteiger partial charge is 0.481 e. The van der Waals surface area contributed by atoms with E-state index in [1.54, 1.807) is 4.90 Å². The zero-order valence-electron chi connectivity index (χ0n) is 12.9. The molecule has 0 aromatic heterocycles. The van der Waals surface area contributed by atoms with Gasteiger partial charge < -0.3 is 15.3 Å². The van der Waals surface area contributed by atoms with Crippen LogP contribution in [0.15, 0.2) is 42.5 Å². The molecule has 1 saturated heterocycles. The molecule has 0 aliphatic carbocycles. The molecule has 1 atom stereocenters. The molecule has 3 rings (SSSR count). The lowest BCUT2D eigenvalue weighted by Crippen LogP contribution is -2.39. The zero-order valence-corrected chi connectivity index (χ0v) is 12.9. The van der Waals surface area contributed by atoms with Gasteiger partial charge in [-0.2, -0.15) is 0 Å². The Bertz CT molecular complexity index is 729. The zero-order chi connectivity index (χ0) is 16.2. The number of carboxylic acid groups (broad SMARTS) is 1. The van der Waals surface area contributed by atoms with E-state index in [1.165, 1.54) is 0 Å². The summed E-state index contributed by atoms with van der Waals surface area (Å²) in [6.07, 6.45) is 2.32. The van der Waals surface area contributed by atoms with Crippen molar-refractivity contribution in [2.45, 2.75) is 19.3 Å². The van der Waals surface area contributed by atoms with E-state index >= 15 is 0 Å². The Morgan fingerprint density at radius 1 is 1.09 bits per heavy atom. The van der Waals surface area contributed by atoms with Gasteiger partial charge in [0.05, 0.1) is 5.92 Å². The van der Waals surface area contributed by atoms with Gasteiger partial charge in [-0.15, -0.1) is 0 Å². The van der Waals surface area contributed by atoms with E-state index in [0.717, 1.165) is 29.3 Å². The molecule has 1 unspecified atom stereocenters. The van der Waals surface area contributed by atoms with Gasteiger partial charge in [-0.25, -0.2) is 4.79 Å². The normalized spacial score (nSPS) is 18.4. The number of hydrogen-bond donors (Lipinski definition) is 2. The number of carbonyl (C=O) groups excluding carboxylic acids is 1. The molecule has 1 aliphatic heterocycles. The van der Waals surface area contributed by atoms with Gasteiger partial charge in [0.1, 0.15) is 0 Å². The third kappa shape index (κ3) is 3.62. The molecule has 2 amide bonds.